The van der Waals surface area contributed by atoms with Gasteiger partial charge in [-0.2, -0.15) is 13.2 Å². The van der Waals surface area contributed by atoms with Crippen molar-refractivity contribution in [2.24, 2.45) is 0 Å². The van der Waals surface area contributed by atoms with E-state index in [0.717, 1.165) is 0 Å². The molecule has 0 radical (unpaired) electrons. The van der Waals surface area contributed by atoms with E-state index in [4.69, 9.17) is 14.3 Å². The van der Waals surface area contributed by atoms with Gasteiger partial charge in [0.15, 0.2) is 0 Å². The summed E-state index contributed by atoms with van der Waals surface area (Å²) in [5.41, 5.74) is 0. The molecule has 0 amide bonds. The normalized spacial score (nSPS) is 11.7. The summed E-state index contributed by atoms with van der Waals surface area (Å²) in [6.45, 7) is -0.0895. The maximum Gasteiger partial charge on any atom is 0.389 e. The lowest BCUT2D eigenvalue weighted by molar-refractivity contribution is -0.138. The Morgan fingerprint density at radius 2 is 2.12 bits per heavy atom. The molecule has 0 unspecified atom stereocenters. The van der Waals surface area contributed by atoms with Crippen LogP contribution in [0, 0.1) is 0 Å². The van der Waals surface area contributed by atoms with Crippen LogP contribution in [-0.2, 0) is 11.3 Å². The number of carboxylic acid groups (broad SMARTS) is 1. The fourth-order valence-corrected chi connectivity index (χ4v) is 1.12. The average molecular weight is 252 g/mol. The van der Waals surface area contributed by atoms with Crippen molar-refractivity contribution in [2.45, 2.75) is 25.6 Å². The first-order valence-corrected chi connectivity index (χ1v) is 4.85. The first-order chi connectivity index (χ1) is 7.88. The average Bonchev–Trinajstić information content (AvgIpc) is 2.64. The fraction of sp³-hybridized carbons (Fsp3) is 0.500. The molecule has 17 heavy (non-hydrogen) atoms. The molecule has 0 bridgehead atoms. The van der Waals surface area contributed by atoms with Gasteiger partial charge in [-0.25, -0.2) is 4.79 Å². The van der Waals surface area contributed by atoms with Crippen molar-refractivity contribution in [3.05, 3.63) is 23.7 Å². The molecule has 1 N–H and O–H groups in total. The van der Waals surface area contributed by atoms with Gasteiger partial charge in [-0.05, 0) is 18.6 Å². The van der Waals surface area contributed by atoms with E-state index >= 15 is 0 Å². The number of carbonyl (C=O) groups is 1. The number of halogens is 3. The molecule has 0 saturated heterocycles. The third-order valence-corrected chi connectivity index (χ3v) is 1.87. The molecule has 7 heteroatoms. The van der Waals surface area contributed by atoms with E-state index in [1.54, 1.807) is 0 Å². The highest BCUT2D eigenvalue weighted by Crippen LogP contribution is 2.21. The van der Waals surface area contributed by atoms with Crippen molar-refractivity contribution in [1.82, 2.24) is 0 Å². The Balaban J connectivity index is 2.20. The molecule has 0 aromatic carbocycles. The van der Waals surface area contributed by atoms with Crippen LogP contribution in [0.1, 0.15) is 29.2 Å². The minimum Gasteiger partial charge on any atom is -0.475 e. The highest BCUT2D eigenvalue weighted by molar-refractivity contribution is 5.84. The van der Waals surface area contributed by atoms with Crippen molar-refractivity contribution in [3.63, 3.8) is 0 Å². The zero-order valence-corrected chi connectivity index (χ0v) is 8.79. The van der Waals surface area contributed by atoms with Crippen LogP contribution < -0.4 is 0 Å². The van der Waals surface area contributed by atoms with Gasteiger partial charge in [0.05, 0.1) is 0 Å². The lowest BCUT2D eigenvalue weighted by Gasteiger charge is -2.05. The van der Waals surface area contributed by atoms with E-state index in [-0.39, 0.29) is 31.2 Å². The Morgan fingerprint density at radius 1 is 1.41 bits per heavy atom. The fourth-order valence-electron chi connectivity index (χ4n) is 1.12. The zero-order valence-electron chi connectivity index (χ0n) is 8.79. The lowest BCUT2D eigenvalue weighted by Crippen LogP contribution is -2.08. The molecule has 1 rings (SSSR count). The van der Waals surface area contributed by atoms with E-state index < -0.39 is 18.6 Å². The van der Waals surface area contributed by atoms with Gasteiger partial charge in [0.1, 0.15) is 12.4 Å². The summed E-state index contributed by atoms with van der Waals surface area (Å²) < 4.78 is 45.0. The molecule has 0 spiro atoms. The van der Waals surface area contributed by atoms with Crippen LogP contribution >= 0.6 is 0 Å². The maximum absolute atomic E-state index is 11.8. The van der Waals surface area contributed by atoms with Crippen LogP contribution in [-0.4, -0.2) is 23.9 Å². The third kappa shape index (κ3) is 5.39. The maximum atomic E-state index is 11.8. The summed E-state index contributed by atoms with van der Waals surface area (Å²) in [6.07, 6.45) is -5.20. The minimum atomic E-state index is -4.18. The van der Waals surface area contributed by atoms with Crippen molar-refractivity contribution < 1.29 is 32.2 Å². The second-order valence-corrected chi connectivity index (χ2v) is 3.34. The van der Waals surface area contributed by atoms with E-state index in [1.807, 2.05) is 0 Å². The summed E-state index contributed by atoms with van der Waals surface area (Å²) in [5, 5.41) is 8.54. The zero-order chi connectivity index (χ0) is 12.9. The number of alkyl halides is 3. The minimum absolute atomic E-state index is 0.0366. The second kappa shape index (κ2) is 5.72. The molecule has 1 aromatic rings. The number of aromatic carboxylic acids is 1. The topological polar surface area (TPSA) is 59.7 Å². The molecule has 4 nitrogen and oxygen atoms in total. The Hall–Kier alpha value is -1.50. The van der Waals surface area contributed by atoms with Crippen LogP contribution in [0.4, 0.5) is 13.2 Å². The molecule has 1 aromatic heterocycles. The van der Waals surface area contributed by atoms with E-state index in [0.29, 0.717) is 0 Å². The van der Waals surface area contributed by atoms with Crippen LogP contribution in [0.25, 0.3) is 0 Å². The van der Waals surface area contributed by atoms with Crippen LogP contribution in [0.3, 0.4) is 0 Å². The summed E-state index contributed by atoms with van der Waals surface area (Å²) in [7, 11) is 0. The number of carboxylic acids is 1. The number of hydrogen-bond acceptors (Lipinski definition) is 3. The van der Waals surface area contributed by atoms with Gasteiger partial charge in [-0.3, -0.25) is 0 Å². The standard InChI is InChI=1S/C10H11F3O4/c11-10(12,13)4-1-5-16-6-7-2-3-8(17-7)9(14)15/h2-3H,1,4-6H2,(H,14,15). The highest BCUT2D eigenvalue weighted by atomic mass is 19.4. The molecular formula is C10H11F3O4. The van der Waals surface area contributed by atoms with Gasteiger partial charge >= 0.3 is 12.1 Å². The number of hydrogen-bond donors (Lipinski definition) is 1. The smallest absolute Gasteiger partial charge is 0.389 e. The van der Waals surface area contributed by atoms with Gasteiger partial charge < -0.3 is 14.3 Å². The Morgan fingerprint density at radius 3 is 2.65 bits per heavy atom. The first-order valence-electron chi connectivity index (χ1n) is 4.85. The highest BCUT2D eigenvalue weighted by Gasteiger charge is 2.25. The predicted molar refractivity (Wildman–Crippen MR) is 50.6 cm³/mol. The molecule has 0 aliphatic heterocycles. The number of rotatable bonds is 6. The van der Waals surface area contributed by atoms with Gasteiger partial charge in [-0.1, -0.05) is 0 Å². The van der Waals surface area contributed by atoms with Gasteiger partial charge in [-0.15, -0.1) is 0 Å². The molecule has 96 valence electrons. The predicted octanol–water partition coefficient (Wildman–Crippen LogP) is 2.84. The number of ether oxygens (including phenoxy) is 1. The largest absolute Gasteiger partial charge is 0.475 e. The summed E-state index contributed by atoms with van der Waals surface area (Å²) in [4.78, 5) is 10.4. The SMILES string of the molecule is O=C(O)c1ccc(COCCCC(F)(F)F)o1. The summed E-state index contributed by atoms with van der Waals surface area (Å²) >= 11 is 0. The van der Waals surface area contributed by atoms with Crippen LogP contribution in [0.2, 0.25) is 0 Å². The molecule has 1 heterocycles. The van der Waals surface area contributed by atoms with Gasteiger partial charge in [0, 0.05) is 13.0 Å². The summed E-state index contributed by atoms with van der Waals surface area (Å²) in [5.74, 6) is -1.15. The third-order valence-electron chi connectivity index (χ3n) is 1.87. The van der Waals surface area contributed by atoms with Crippen LogP contribution in [0.5, 0.6) is 0 Å². The quantitative estimate of drug-likeness (QED) is 0.791. The van der Waals surface area contributed by atoms with E-state index in [9.17, 15) is 18.0 Å². The molecule has 0 saturated carbocycles. The summed E-state index contributed by atoms with van der Waals surface area (Å²) in [6, 6.07) is 2.67. The van der Waals surface area contributed by atoms with Crippen molar-refractivity contribution in [3.8, 4) is 0 Å². The molecule has 0 aliphatic carbocycles. The van der Waals surface area contributed by atoms with E-state index in [2.05, 4.69) is 0 Å². The van der Waals surface area contributed by atoms with Crippen molar-refractivity contribution in [2.75, 3.05) is 6.61 Å². The molecular weight excluding hydrogens is 241 g/mol. The van der Waals surface area contributed by atoms with Crippen LogP contribution in [0.15, 0.2) is 16.5 Å². The lowest BCUT2D eigenvalue weighted by atomic mass is 10.3. The Bertz CT molecular complexity index is 370. The van der Waals surface area contributed by atoms with Crippen molar-refractivity contribution in [1.29, 1.82) is 0 Å². The molecule has 0 fully saturated rings. The first kappa shape index (κ1) is 13.6. The molecule has 0 atom stereocenters. The number of furan rings is 1. The Kier molecular flexibility index (Phi) is 4.56. The van der Waals surface area contributed by atoms with E-state index in [1.165, 1.54) is 12.1 Å². The monoisotopic (exact) mass is 252 g/mol. The molecule has 0 aliphatic rings. The Labute approximate surface area is 95.0 Å². The van der Waals surface area contributed by atoms with Crippen molar-refractivity contribution >= 4 is 5.97 Å². The van der Waals surface area contributed by atoms with Gasteiger partial charge in [0.2, 0.25) is 5.76 Å². The second-order valence-electron chi connectivity index (χ2n) is 3.34. The van der Waals surface area contributed by atoms with Gasteiger partial charge in [0.25, 0.3) is 0 Å².